The summed E-state index contributed by atoms with van der Waals surface area (Å²) in [6.07, 6.45) is 5.33. The summed E-state index contributed by atoms with van der Waals surface area (Å²) in [4.78, 5) is 51.5. The number of nitrogens with one attached hydrogen (secondary N) is 2. The lowest BCUT2D eigenvalue weighted by Crippen LogP contribution is -2.45. The Morgan fingerprint density at radius 3 is 2.41 bits per heavy atom. The van der Waals surface area contributed by atoms with Crippen LogP contribution in [0.25, 0.3) is 11.1 Å². The number of imidazole rings is 2. The molecule has 2 aromatic carbocycles. The average molecular weight is 712 g/mol. The maximum Gasteiger partial charge on any atom is 0.311 e. The molecule has 0 unspecified atom stereocenters. The van der Waals surface area contributed by atoms with Crippen LogP contribution < -0.4 is 10.6 Å². The monoisotopic (exact) mass is 711 g/mol. The van der Waals surface area contributed by atoms with Crippen molar-refractivity contribution in [1.82, 2.24) is 29.3 Å². The van der Waals surface area contributed by atoms with Gasteiger partial charge in [-0.05, 0) is 62.3 Å². The smallest absolute Gasteiger partial charge is 0.311 e. The van der Waals surface area contributed by atoms with Crippen molar-refractivity contribution in [3.05, 3.63) is 87.0 Å². The molecule has 1 saturated carbocycles. The third-order valence-corrected chi connectivity index (χ3v) is 11.9. The van der Waals surface area contributed by atoms with Crippen LogP contribution in [0.1, 0.15) is 87.7 Å². The van der Waals surface area contributed by atoms with E-state index in [2.05, 4.69) is 20.5 Å². The number of ether oxygens (including phenoxy) is 1. The third kappa shape index (κ3) is 6.51. The molecule has 7 rings (SSSR count). The highest BCUT2D eigenvalue weighted by atomic mass is 35.5. The van der Waals surface area contributed by atoms with Crippen molar-refractivity contribution >= 4 is 34.9 Å². The summed E-state index contributed by atoms with van der Waals surface area (Å²) < 4.78 is 8.90. The second-order valence-corrected chi connectivity index (χ2v) is 14.9. The van der Waals surface area contributed by atoms with E-state index in [-0.39, 0.29) is 24.1 Å². The highest BCUT2D eigenvalue weighted by Crippen LogP contribution is 2.40. The number of Topliss-reactive ketones (excluding diaryl/α,β-unsaturated/α-hetero) is 1. The first-order chi connectivity index (χ1) is 24.5. The summed E-state index contributed by atoms with van der Waals surface area (Å²) in [5, 5.41) is 6.77. The molecule has 2 aliphatic heterocycles. The van der Waals surface area contributed by atoms with Crippen LogP contribution in [0.3, 0.4) is 0 Å². The predicted molar refractivity (Wildman–Crippen MR) is 196 cm³/mol. The summed E-state index contributed by atoms with van der Waals surface area (Å²) in [5.41, 5.74) is 7.64. The van der Waals surface area contributed by atoms with Crippen LogP contribution >= 0.6 is 11.6 Å². The number of benzene rings is 2. The first kappa shape index (κ1) is 35.1. The van der Waals surface area contributed by atoms with E-state index >= 15 is 0 Å². The van der Waals surface area contributed by atoms with Gasteiger partial charge in [-0.2, -0.15) is 0 Å². The number of hydrogen-bond donors (Lipinski definition) is 2. The standard InChI is InChI=1S/C39H46ClN7O4/c1-23-24(20-33(48)35-42-29-21-41-18-14-31(29)45(35)3)8-6-9-26(23)27-10-7-11-28(34(27)40)44-37(49)36-43-30-22-47(19-15-32(30)46(36)4)25-12-16-39(2,17-13-25)38(50)51-5/h6-11,25,41H,12-22H2,1-5H3,(H,44,49). The van der Waals surface area contributed by atoms with Gasteiger partial charge in [0, 0.05) is 82.5 Å². The van der Waals surface area contributed by atoms with Gasteiger partial charge < -0.3 is 24.5 Å². The topological polar surface area (TPSA) is 123 Å². The number of ketones is 1. The summed E-state index contributed by atoms with van der Waals surface area (Å²) in [5.74, 6) is 0.347. The Kier molecular flexibility index (Phi) is 9.64. The number of carbonyl (C=O) groups is 3. The molecule has 0 saturated heterocycles. The highest BCUT2D eigenvalue weighted by molar-refractivity contribution is 6.36. The maximum absolute atomic E-state index is 13.7. The lowest BCUT2D eigenvalue weighted by atomic mass is 9.73. The number of halogens is 1. The van der Waals surface area contributed by atoms with Crippen molar-refractivity contribution in [3.63, 3.8) is 0 Å². The Morgan fingerprint density at radius 2 is 1.67 bits per heavy atom. The van der Waals surface area contributed by atoms with Gasteiger partial charge in [0.15, 0.2) is 11.6 Å². The van der Waals surface area contributed by atoms with Crippen LogP contribution in [0.15, 0.2) is 36.4 Å². The first-order valence-electron chi connectivity index (χ1n) is 17.8. The maximum atomic E-state index is 13.7. The summed E-state index contributed by atoms with van der Waals surface area (Å²) >= 11 is 7.01. The van der Waals surface area contributed by atoms with E-state index in [0.717, 1.165) is 96.6 Å². The number of methoxy groups -OCH3 is 1. The summed E-state index contributed by atoms with van der Waals surface area (Å²) in [6, 6.07) is 11.9. The van der Waals surface area contributed by atoms with Crippen LogP contribution in [0.4, 0.5) is 5.69 Å². The third-order valence-electron chi connectivity index (χ3n) is 11.5. The lowest BCUT2D eigenvalue weighted by molar-refractivity contribution is -0.154. The minimum Gasteiger partial charge on any atom is -0.469 e. The van der Waals surface area contributed by atoms with E-state index in [1.807, 2.05) is 67.4 Å². The van der Waals surface area contributed by atoms with E-state index in [4.69, 9.17) is 21.3 Å². The van der Waals surface area contributed by atoms with Gasteiger partial charge in [0.25, 0.3) is 5.91 Å². The van der Waals surface area contributed by atoms with E-state index < -0.39 is 5.41 Å². The SMILES string of the molecule is COC(=O)C1(C)CCC(N2CCc3c(nc(C(=O)Nc4cccc(-c5cccc(CC(=O)c6nc7c(n6C)CCNC7)c5C)c4Cl)n3C)C2)CC1. The van der Waals surface area contributed by atoms with E-state index in [0.29, 0.717) is 41.5 Å². The molecule has 3 aliphatic rings. The van der Waals surface area contributed by atoms with Gasteiger partial charge in [-0.3, -0.25) is 19.3 Å². The molecule has 1 fully saturated rings. The van der Waals surface area contributed by atoms with E-state index in [9.17, 15) is 14.4 Å². The van der Waals surface area contributed by atoms with E-state index in [1.54, 1.807) is 6.07 Å². The predicted octanol–water partition coefficient (Wildman–Crippen LogP) is 5.59. The normalized spacial score (nSPS) is 20.4. The Bertz CT molecular complexity index is 2020. The van der Waals surface area contributed by atoms with Crippen molar-refractivity contribution in [2.45, 2.75) is 77.9 Å². The summed E-state index contributed by atoms with van der Waals surface area (Å²) in [6.45, 7) is 7.11. The molecule has 51 heavy (non-hydrogen) atoms. The van der Waals surface area contributed by atoms with Gasteiger partial charge in [0.05, 0.1) is 34.6 Å². The molecule has 0 radical (unpaired) electrons. The molecule has 12 heteroatoms. The van der Waals surface area contributed by atoms with Gasteiger partial charge in [0.2, 0.25) is 5.78 Å². The Hall–Kier alpha value is -4.32. The Morgan fingerprint density at radius 1 is 0.980 bits per heavy atom. The highest BCUT2D eigenvalue weighted by Gasteiger charge is 2.41. The molecule has 1 aliphatic carbocycles. The number of esters is 1. The van der Waals surface area contributed by atoms with E-state index in [1.165, 1.54) is 7.11 Å². The number of fused-ring (bicyclic) bond motifs is 2. The second-order valence-electron chi connectivity index (χ2n) is 14.5. The van der Waals surface area contributed by atoms with Crippen molar-refractivity contribution in [2.75, 3.05) is 25.5 Å². The minimum absolute atomic E-state index is 0.0274. The molecular weight excluding hydrogens is 666 g/mol. The number of amides is 1. The van der Waals surface area contributed by atoms with Crippen LogP contribution in [0.5, 0.6) is 0 Å². The first-order valence-corrected chi connectivity index (χ1v) is 18.2. The van der Waals surface area contributed by atoms with Crippen LogP contribution in [-0.4, -0.2) is 67.9 Å². The minimum atomic E-state index is -0.417. The molecule has 268 valence electrons. The molecule has 0 spiro atoms. The average Bonchev–Trinajstić information content (AvgIpc) is 3.66. The zero-order chi connectivity index (χ0) is 36.0. The molecule has 2 aromatic heterocycles. The number of nitrogens with zero attached hydrogens (tertiary/aromatic N) is 5. The molecule has 2 N–H and O–H groups in total. The second kappa shape index (κ2) is 14.0. The number of carbonyl (C=O) groups excluding carboxylic acids is 3. The van der Waals surface area contributed by atoms with Gasteiger partial charge in [-0.1, -0.05) is 41.9 Å². The fourth-order valence-corrected chi connectivity index (χ4v) is 8.53. The quantitative estimate of drug-likeness (QED) is 0.179. The lowest BCUT2D eigenvalue weighted by Gasteiger charge is -2.41. The summed E-state index contributed by atoms with van der Waals surface area (Å²) in [7, 11) is 5.28. The molecule has 4 heterocycles. The number of anilines is 1. The van der Waals surface area contributed by atoms with Gasteiger partial charge in [-0.15, -0.1) is 0 Å². The molecule has 11 nitrogen and oxygen atoms in total. The van der Waals surface area contributed by atoms with Crippen molar-refractivity contribution < 1.29 is 19.1 Å². The molecular formula is C39H46ClN7O4. The number of rotatable bonds is 8. The number of aromatic nitrogens is 4. The van der Waals surface area contributed by atoms with Gasteiger partial charge >= 0.3 is 5.97 Å². The van der Waals surface area contributed by atoms with Gasteiger partial charge in [-0.25, -0.2) is 9.97 Å². The van der Waals surface area contributed by atoms with Crippen LogP contribution in [0.2, 0.25) is 5.02 Å². The fourth-order valence-electron chi connectivity index (χ4n) is 8.26. The molecule has 1 amide bonds. The van der Waals surface area contributed by atoms with Crippen molar-refractivity contribution in [2.24, 2.45) is 19.5 Å². The van der Waals surface area contributed by atoms with Crippen molar-refractivity contribution in [3.8, 4) is 11.1 Å². The Balaban J connectivity index is 1.05. The zero-order valence-electron chi connectivity index (χ0n) is 30.1. The van der Waals surface area contributed by atoms with Crippen molar-refractivity contribution in [1.29, 1.82) is 0 Å². The molecule has 0 bridgehead atoms. The molecule has 0 atom stereocenters. The number of hydrogen-bond acceptors (Lipinski definition) is 8. The van der Waals surface area contributed by atoms with Crippen LogP contribution in [-0.2, 0) is 56.0 Å². The largest absolute Gasteiger partial charge is 0.469 e. The zero-order valence-corrected chi connectivity index (χ0v) is 30.8. The fraction of sp³-hybridized carbons (Fsp3) is 0.462. The Labute approximate surface area is 303 Å². The molecule has 4 aromatic rings. The van der Waals surface area contributed by atoms with Gasteiger partial charge in [0.1, 0.15) is 0 Å². The van der Waals surface area contributed by atoms with Crippen LogP contribution in [0, 0.1) is 12.3 Å².